The van der Waals surface area contributed by atoms with Crippen molar-refractivity contribution in [3.05, 3.63) is 217 Å². The van der Waals surface area contributed by atoms with Gasteiger partial charge in [0.25, 0.3) is 0 Å². The fourth-order valence-corrected chi connectivity index (χ4v) is 11.3. The molecule has 0 saturated heterocycles. The van der Waals surface area contributed by atoms with Crippen LogP contribution in [0.15, 0.2) is 206 Å². The number of pyridine rings is 2. The Bertz CT molecular complexity index is 4200. The zero-order chi connectivity index (χ0) is 43.0. The predicted molar refractivity (Wildman–Crippen MR) is 276 cm³/mol. The van der Waals surface area contributed by atoms with E-state index in [4.69, 9.17) is 9.97 Å². The molecule has 2 nitrogen and oxygen atoms in total. The van der Waals surface area contributed by atoms with Crippen LogP contribution in [0, 0.1) is 0 Å². The summed E-state index contributed by atoms with van der Waals surface area (Å²) in [5.74, 6) is 0. The van der Waals surface area contributed by atoms with E-state index in [9.17, 15) is 0 Å². The maximum absolute atomic E-state index is 5.31. The average Bonchev–Trinajstić information content (AvgIpc) is 3.59. The Kier molecular flexibility index (Phi) is 7.49. The second kappa shape index (κ2) is 13.4. The molecule has 0 radical (unpaired) electrons. The van der Waals surface area contributed by atoms with E-state index < -0.39 is 0 Å². The van der Waals surface area contributed by atoms with Crippen molar-refractivity contribution in [2.24, 2.45) is 0 Å². The van der Waals surface area contributed by atoms with Crippen molar-refractivity contribution < 1.29 is 0 Å². The SMILES string of the molecule is CC1(C)c2cc3c4ccccc4c4ccccc4c3cc2-c2cc3c4ccc(-c5cccc(-c6ccc7ccc8ccc(-c9ccccc9)nc8c7n6)c5)cc4c4ccccc4c3cc21. The van der Waals surface area contributed by atoms with Crippen LogP contribution in [0.1, 0.15) is 25.0 Å². The van der Waals surface area contributed by atoms with E-state index in [-0.39, 0.29) is 5.41 Å². The van der Waals surface area contributed by atoms with Crippen molar-refractivity contribution in [3.8, 4) is 44.8 Å². The molecule has 11 aromatic carbocycles. The number of benzene rings is 11. The van der Waals surface area contributed by atoms with Crippen molar-refractivity contribution in [2.75, 3.05) is 0 Å². The number of aromatic nitrogens is 2. The lowest BCUT2D eigenvalue weighted by Crippen LogP contribution is -2.15. The normalized spacial score (nSPS) is 13.2. The van der Waals surface area contributed by atoms with E-state index in [1.165, 1.54) is 92.5 Å². The highest BCUT2D eigenvalue weighted by molar-refractivity contribution is 6.28. The molecule has 0 amide bonds. The van der Waals surface area contributed by atoms with Gasteiger partial charge >= 0.3 is 0 Å². The van der Waals surface area contributed by atoms with Crippen LogP contribution in [0.2, 0.25) is 0 Å². The Hall–Kier alpha value is -8.20. The van der Waals surface area contributed by atoms with E-state index >= 15 is 0 Å². The van der Waals surface area contributed by atoms with Gasteiger partial charge < -0.3 is 0 Å². The Morgan fingerprint density at radius 3 is 1.20 bits per heavy atom. The van der Waals surface area contributed by atoms with Crippen molar-refractivity contribution >= 4 is 86.4 Å². The van der Waals surface area contributed by atoms with E-state index in [0.29, 0.717) is 0 Å². The third-order valence-corrected chi connectivity index (χ3v) is 14.6. The zero-order valence-electron chi connectivity index (χ0n) is 36.0. The number of rotatable bonds is 3. The smallest absolute Gasteiger partial charge is 0.0972 e. The molecule has 13 aromatic rings. The second-order valence-corrected chi connectivity index (χ2v) is 18.5. The lowest BCUT2D eigenvalue weighted by atomic mass is 9.80. The van der Waals surface area contributed by atoms with E-state index in [0.717, 1.165) is 49.9 Å². The van der Waals surface area contributed by atoms with Crippen LogP contribution >= 0.6 is 0 Å². The lowest BCUT2D eigenvalue weighted by Gasteiger charge is -2.23. The Morgan fingerprint density at radius 2 is 0.662 bits per heavy atom. The molecule has 1 aliphatic carbocycles. The molecule has 302 valence electrons. The highest BCUT2D eigenvalue weighted by atomic mass is 14.8. The van der Waals surface area contributed by atoms with Gasteiger partial charge in [-0.15, -0.1) is 0 Å². The molecule has 0 bridgehead atoms. The lowest BCUT2D eigenvalue weighted by molar-refractivity contribution is 0.662. The molecule has 1 aliphatic rings. The summed E-state index contributed by atoms with van der Waals surface area (Å²) >= 11 is 0. The first-order chi connectivity index (χ1) is 32.0. The Labute approximate surface area is 376 Å². The van der Waals surface area contributed by atoms with E-state index in [2.05, 4.69) is 214 Å². The summed E-state index contributed by atoms with van der Waals surface area (Å²) in [5.41, 5.74) is 13.5. The summed E-state index contributed by atoms with van der Waals surface area (Å²) in [4.78, 5) is 10.5. The second-order valence-electron chi connectivity index (χ2n) is 18.5. The number of fused-ring (bicyclic) bond motifs is 18. The molecule has 0 fully saturated rings. The summed E-state index contributed by atoms with van der Waals surface area (Å²) in [6.45, 7) is 4.83. The summed E-state index contributed by atoms with van der Waals surface area (Å²) in [6, 6.07) is 76.0. The predicted octanol–water partition coefficient (Wildman–Crippen LogP) is 17.0. The first-order valence-electron chi connectivity index (χ1n) is 22.6. The maximum atomic E-state index is 5.31. The molecule has 0 saturated carbocycles. The molecule has 14 rings (SSSR count). The van der Waals surface area contributed by atoms with Gasteiger partial charge in [0.2, 0.25) is 0 Å². The average molecular weight is 825 g/mol. The minimum absolute atomic E-state index is 0.167. The molecule has 0 aliphatic heterocycles. The van der Waals surface area contributed by atoms with Crippen molar-refractivity contribution in [1.29, 1.82) is 0 Å². The standard InChI is InChI=1S/C63H40N2/c1-63(2)57-35-53-46-20-9-7-18-44(46)43-17-6-8-19-45(43)51(53)33-55(57)56-34-52-49-28-25-41(32-50(49)47-21-10-11-22-48(47)54(52)36-58(56)63)40-15-12-16-42(31-40)60-30-27-39-24-23-38-26-29-59(37-13-4-3-5-14-37)64-61(38)62(39)65-60/h3-36H,1-2H3. The van der Waals surface area contributed by atoms with Gasteiger partial charge in [-0.2, -0.15) is 0 Å². The van der Waals surface area contributed by atoms with Gasteiger partial charge in [0.1, 0.15) is 0 Å². The Morgan fingerprint density at radius 1 is 0.277 bits per heavy atom. The molecular formula is C63H40N2. The third-order valence-electron chi connectivity index (χ3n) is 14.6. The van der Waals surface area contributed by atoms with Gasteiger partial charge in [-0.1, -0.05) is 172 Å². The molecule has 0 unspecified atom stereocenters. The summed E-state index contributed by atoms with van der Waals surface area (Å²) < 4.78 is 0. The zero-order valence-corrected chi connectivity index (χ0v) is 36.0. The summed E-state index contributed by atoms with van der Waals surface area (Å²) in [6.07, 6.45) is 0. The van der Waals surface area contributed by atoms with Crippen LogP contribution in [0.25, 0.3) is 131 Å². The number of hydrogen-bond acceptors (Lipinski definition) is 2. The number of hydrogen-bond donors (Lipinski definition) is 0. The fourth-order valence-electron chi connectivity index (χ4n) is 11.3. The highest BCUT2D eigenvalue weighted by Crippen LogP contribution is 2.54. The largest absolute Gasteiger partial charge is 0.245 e. The van der Waals surface area contributed by atoms with Crippen LogP contribution in [0.3, 0.4) is 0 Å². The van der Waals surface area contributed by atoms with Crippen molar-refractivity contribution in [3.63, 3.8) is 0 Å². The summed E-state index contributed by atoms with van der Waals surface area (Å²) in [7, 11) is 0. The molecule has 2 heterocycles. The molecular weight excluding hydrogens is 785 g/mol. The molecule has 0 spiro atoms. The highest BCUT2D eigenvalue weighted by Gasteiger charge is 2.37. The molecule has 2 aromatic heterocycles. The quantitative estimate of drug-likeness (QED) is 0.166. The molecule has 0 N–H and O–H groups in total. The summed E-state index contributed by atoms with van der Waals surface area (Å²) in [5, 5.41) is 17.8. The monoisotopic (exact) mass is 824 g/mol. The third kappa shape index (κ3) is 5.29. The van der Waals surface area contributed by atoms with Gasteiger partial charge in [0.05, 0.1) is 22.4 Å². The van der Waals surface area contributed by atoms with Gasteiger partial charge in [-0.25, -0.2) is 9.97 Å². The van der Waals surface area contributed by atoms with Gasteiger partial charge in [-0.3, -0.25) is 0 Å². The van der Waals surface area contributed by atoms with Gasteiger partial charge in [0.15, 0.2) is 0 Å². The van der Waals surface area contributed by atoms with Crippen LogP contribution in [-0.2, 0) is 5.41 Å². The molecule has 0 atom stereocenters. The Balaban J connectivity index is 0.927. The van der Waals surface area contributed by atoms with Gasteiger partial charge in [-0.05, 0) is 147 Å². The van der Waals surface area contributed by atoms with E-state index in [1.807, 2.05) is 6.07 Å². The minimum atomic E-state index is -0.167. The van der Waals surface area contributed by atoms with Crippen LogP contribution in [0.5, 0.6) is 0 Å². The first kappa shape index (κ1) is 36.3. The van der Waals surface area contributed by atoms with Crippen LogP contribution in [0.4, 0.5) is 0 Å². The van der Waals surface area contributed by atoms with Gasteiger partial charge in [0, 0.05) is 27.3 Å². The first-order valence-corrected chi connectivity index (χ1v) is 22.6. The molecule has 65 heavy (non-hydrogen) atoms. The topological polar surface area (TPSA) is 25.8 Å². The maximum Gasteiger partial charge on any atom is 0.0972 e. The van der Waals surface area contributed by atoms with E-state index in [1.54, 1.807) is 0 Å². The van der Waals surface area contributed by atoms with Crippen molar-refractivity contribution in [2.45, 2.75) is 19.3 Å². The van der Waals surface area contributed by atoms with Crippen LogP contribution < -0.4 is 0 Å². The van der Waals surface area contributed by atoms with Crippen LogP contribution in [-0.4, -0.2) is 9.97 Å². The minimum Gasteiger partial charge on any atom is -0.245 e. The molecule has 2 heteroatoms. The fraction of sp³-hybridized carbons (Fsp3) is 0.0476. The van der Waals surface area contributed by atoms with Crippen molar-refractivity contribution in [1.82, 2.24) is 9.97 Å². The number of nitrogens with zero attached hydrogens (tertiary/aromatic N) is 2.